The second-order valence-electron chi connectivity index (χ2n) is 8.49. The van der Waals surface area contributed by atoms with Gasteiger partial charge in [-0.25, -0.2) is 0 Å². The maximum absolute atomic E-state index is 13.4. The fourth-order valence-electron chi connectivity index (χ4n) is 3.96. The number of anilines is 2. The van der Waals surface area contributed by atoms with Crippen molar-refractivity contribution in [1.29, 1.82) is 5.26 Å². The molecule has 0 saturated carbocycles. The van der Waals surface area contributed by atoms with E-state index in [0.29, 0.717) is 39.0 Å². The number of nitriles is 1. The van der Waals surface area contributed by atoms with Gasteiger partial charge in [0.1, 0.15) is 5.76 Å². The van der Waals surface area contributed by atoms with Crippen LogP contribution in [0, 0.1) is 25.2 Å². The van der Waals surface area contributed by atoms with Crippen LogP contribution in [-0.2, 0) is 9.59 Å². The predicted octanol–water partition coefficient (Wildman–Crippen LogP) is 5.60. The lowest BCUT2D eigenvalue weighted by atomic mass is 9.85. The Morgan fingerprint density at radius 2 is 1.78 bits per heavy atom. The van der Waals surface area contributed by atoms with Crippen LogP contribution in [0.4, 0.5) is 11.4 Å². The number of rotatable bonds is 7. The zero-order valence-electron chi connectivity index (χ0n) is 20.2. The smallest absolute Gasteiger partial charge is 0.254 e. The standard InChI is InChI=1S/C28H26N4O3S/c1-17-9-11-20(12-10-17)31-24(33)16-36-28-22(15-29)26(23-8-5-13-35-23)25(19(3)30-28)27(34)32-21-7-4-6-18(2)14-21/h4-14,26,30H,16H2,1-3H3,(H,31,33)(H,32,34). The zero-order chi connectivity index (χ0) is 25.7. The van der Waals surface area contributed by atoms with Crippen molar-refractivity contribution in [2.24, 2.45) is 0 Å². The zero-order valence-corrected chi connectivity index (χ0v) is 21.0. The lowest BCUT2D eigenvalue weighted by Crippen LogP contribution is -2.31. The first-order valence-electron chi connectivity index (χ1n) is 11.4. The van der Waals surface area contributed by atoms with Gasteiger partial charge >= 0.3 is 0 Å². The minimum atomic E-state index is -0.710. The number of carbonyl (C=O) groups is 2. The Kier molecular flexibility index (Phi) is 7.62. The molecule has 2 amide bonds. The number of dihydropyridines is 1. The molecule has 0 aliphatic carbocycles. The SMILES string of the molecule is CC1=C(C(=O)Nc2cccc(C)c2)C(c2ccco2)C(C#N)=C(SCC(=O)Nc2ccc(C)cc2)N1. The molecule has 1 atom stereocenters. The molecule has 3 N–H and O–H groups in total. The average molecular weight is 499 g/mol. The average Bonchev–Trinajstić information content (AvgIpc) is 3.38. The van der Waals surface area contributed by atoms with E-state index in [1.165, 1.54) is 18.0 Å². The van der Waals surface area contributed by atoms with Crippen LogP contribution in [0.3, 0.4) is 0 Å². The van der Waals surface area contributed by atoms with Gasteiger partial charge in [0.2, 0.25) is 5.91 Å². The molecule has 2 aromatic carbocycles. The molecular formula is C28H26N4O3S. The van der Waals surface area contributed by atoms with Gasteiger partial charge < -0.3 is 20.4 Å². The van der Waals surface area contributed by atoms with Crippen LogP contribution in [0.5, 0.6) is 0 Å². The monoisotopic (exact) mass is 498 g/mol. The molecule has 36 heavy (non-hydrogen) atoms. The molecule has 1 unspecified atom stereocenters. The van der Waals surface area contributed by atoms with E-state index in [2.05, 4.69) is 22.0 Å². The second-order valence-corrected chi connectivity index (χ2v) is 9.48. The third-order valence-electron chi connectivity index (χ3n) is 5.68. The van der Waals surface area contributed by atoms with Crippen molar-refractivity contribution in [3.63, 3.8) is 0 Å². The molecule has 0 bridgehead atoms. The Morgan fingerprint density at radius 1 is 1.00 bits per heavy atom. The Morgan fingerprint density at radius 3 is 2.44 bits per heavy atom. The summed E-state index contributed by atoms with van der Waals surface area (Å²) in [7, 11) is 0. The fourth-order valence-corrected chi connectivity index (χ4v) is 4.85. The molecule has 0 saturated heterocycles. The molecule has 1 aliphatic heterocycles. The Bertz CT molecular complexity index is 1380. The van der Waals surface area contributed by atoms with Crippen LogP contribution >= 0.6 is 11.8 Å². The van der Waals surface area contributed by atoms with Crippen LogP contribution < -0.4 is 16.0 Å². The minimum absolute atomic E-state index is 0.0877. The van der Waals surface area contributed by atoms with Gasteiger partial charge in [0.25, 0.3) is 5.91 Å². The number of amides is 2. The molecule has 0 spiro atoms. The summed E-state index contributed by atoms with van der Waals surface area (Å²) in [4.78, 5) is 26.0. The van der Waals surface area contributed by atoms with E-state index < -0.39 is 5.92 Å². The van der Waals surface area contributed by atoms with Gasteiger partial charge in [-0.2, -0.15) is 5.26 Å². The van der Waals surface area contributed by atoms with Crippen molar-refractivity contribution in [3.8, 4) is 6.07 Å². The summed E-state index contributed by atoms with van der Waals surface area (Å²) in [6.45, 7) is 5.71. The Balaban J connectivity index is 1.57. The highest BCUT2D eigenvalue weighted by Crippen LogP contribution is 2.41. The number of benzene rings is 2. The van der Waals surface area contributed by atoms with Crippen LogP contribution in [0.1, 0.15) is 29.7 Å². The van der Waals surface area contributed by atoms with E-state index in [1.54, 1.807) is 19.1 Å². The first kappa shape index (κ1) is 24.9. The summed E-state index contributed by atoms with van der Waals surface area (Å²) in [5.74, 6) is -0.678. The third-order valence-corrected chi connectivity index (χ3v) is 6.70. The maximum Gasteiger partial charge on any atom is 0.254 e. The van der Waals surface area contributed by atoms with E-state index in [1.807, 2.05) is 62.4 Å². The quantitative estimate of drug-likeness (QED) is 0.391. The second kappa shape index (κ2) is 11.0. The molecule has 2 heterocycles. The van der Waals surface area contributed by atoms with E-state index in [-0.39, 0.29) is 17.6 Å². The Labute approximate surface area is 214 Å². The number of hydrogen-bond acceptors (Lipinski definition) is 6. The van der Waals surface area contributed by atoms with Crippen molar-refractivity contribution in [1.82, 2.24) is 5.32 Å². The van der Waals surface area contributed by atoms with Gasteiger partial charge in [0, 0.05) is 17.1 Å². The number of nitrogens with zero attached hydrogens (tertiary/aromatic N) is 1. The fraction of sp³-hybridized carbons (Fsp3) is 0.179. The van der Waals surface area contributed by atoms with Gasteiger partial charge in [-0.15, -0.1) is 0 Å². The number of thioether (sulfide) groups is 1. The van der Waals surface area contributed by atoms with Gasteiger partial charge in [-0.1, -0.05) is 41.6 Å². The molecule has 1 aromatic heterocycles. The summed E-state index contributed by atoms with van der Waals surface area (Å²) in [5.41, 5.74) is 4.77. The van der Waals surface area contributed by atoms with Crippen LogP contribution in [0.2, 0.25) is 0 Å². The summed E-state index contributed by atoms with van der Waals surface area (Å²) in [6.07, 6.45) is 1.51. The molecule has 0 radical (unpaired) electrons. The number of nitrogens with one attached hydrogen (secondary N) is 3. The summed E-state index contributed by atoms with van der Waals surface area (Å²) in [5, 5.41) is 19.6. The Hall–Kier alpha value is -4.22. The number of hydrogen-bond donors (Lipinski definition) is 3. The molecule has 7 nitrogen and oxygen atoms in total. The van der Waals surface area contributed by atoms with Crippen molar-refractivity contribution < 1.29 is 14.0 Å². The predicted molar refractivity (Wildman–Crippen MR) is 142 cm³/mol. The molecule has 3 aromatic rings. The van der Waals surface area contributed by atoms with Crippen molar-refractivity contribution in [3.05, 3.63) is 106 Å². The first-order valence-corrected chi connectivity index (χ1v) is 12.4. The number of furan rings is 1. The van der Waals surface area contributed by atoms with Crippen molar-refractivity contribution >= 4 is 35.0 Å². The topological polar surface area (TPSA) is 107 Å². The van der Waals surface area contributed by atoms with Crippen LogP contribution in [0.15, 0.2) is 93.2 Å². The third kappa shape index (κ3) is 5.70. The van der Waals surface area contributed by atoms with Gasteiger partial charge in [-0.3, -0.25) is 9.59 Å². The highest BCUT2D eigenvalue weighted by Gasteiger charge is 2.36. The van der Waals surface area contributed by atoms with Crippen LogP contribution in [0.25, 0.3) is 0 Å². The molecule has 0 fully saturated rings. The highest BCUT2D eigenvalue weighted by molar-refractivity contribution is 8.03. The number of aryl methyl sites for hydroxylation is 2. The lowest BCUT2D eigenvalue weighted by molar-refractivity contribution is -0.114. The summed E-state index contributed by atoms with van der Waals surface area (Å²) >= 11 is 1.21. The van der Waals surface area contributed by atoms with Gasteiger partial charge in [0.05, 0.1) is 40.2 Å². The minimum Gasteiger partial charge on any atom is -0.468 e. The van der Waals surface area contributed by atoms with Crippen LogP contribution in [-0.4, -0.2) is 17.6 Å². The van der Waals surface area contributed by atoms with Crippen molar-refractivity contribution in [2.75, 3.05) is 16.4 Å². The normalized spacial score (nSPS) is 15.2. The van der Waals surface area contributed by atoms with Crippen molar-refractivity contribution in [2.45, 2.75) is 26.7 Å². The van der Waals surface area contributed by atoms with Gasteiger partial charge in [0.15, 0.2) is 0 Å². The number of carbonyl (C=O) groups excluding carboxylic acids is 2. The molecule has 182 valence electrons. The highest BCUT2D eigenvalue weighted by atomic mass is 32.2. The molecule has 1 aliphatic rings. The largest absolute Gasteiger partial charge is 0.468 e. The number of allylic oxidation sites excluding steroid dienone is 2. The lowest BCUT2D eigenvalue weighted by Gasteiger charge is -2.28. The first-order chi connectivity index (χ1) is 17.4. The van der Waals surface area contributed by atoms with E-state index in [0.717, 1.165) is 11.1 Å². The van der Waals surface area contributed by atoms with Gasteiger partial charge in [-0.05, 0) is 62.7 Å². The molecule has 4 rings (SSSR count). The maximum atomic E-state index is 13.4. The van der Waals surface area contributed by atoms with E-state index >= 15 is 0 Å². The molecule has 8 heteroatoms. The van der Waals surface area contributed by atoms with E-state index in [4.69, 9.17) is 4.42 Å². The molecular weight excluding hydrogens is 472 g/mol. The van der Waals surface area contributed by atoms with E-state index in [9.17, 15) is 14.9 Å². The summed E-state index contributed by atoms with van der Waals surface area (Å²) < 4.78 is 5.65. The summed E-state index contributed by atoms with van der Waals surface area (Å²) in [6, 6.07) is 20.7.